The number of aromatic hydroxyl groups is 1. The quantitative estimate of drug-likeness (QED) is 0.724. The molecule has 8 nitrogen and oxygen atoms in total. The second-order valence-electron chi connectivity index (χ2n) is 8.14. The van der Waals surface area contributed by atoms with Gasteiger partial charge >= 0.3 is 0 Å². The number of piperidine rings is 1. The zero-order valence-electron chi connectivity index (χ0n) is 16.4. The van der Waals surface area contributed by atoms with Gasteiger partial charge in [-0.1, -0.05) is 25.5 Å². The molecule has 2 aromatic rings. The summed E-state index contributed by atoms with van der Waals surface area (Å²) in [7, 11) is 0. The van der Waals surface area contributed by atoms with Crippen LogP contribution in [0.1, 0.15) is 55.5 Å². The van der Waals surface area contributed by atoms with E-state index in [0.717, 1.165) is 44.3 Å². The minimum absolute atomic E-state index is 0.0957. The molecule has 0 unspecified atom stereocenters. The molecule has 4 rings (SSSR count). The van der Waals surface area contributed by atoms with Gasteiger partial charge in [-0.3, -0.25) is 14.2 Å². The van der Waals surface area contributed by atoms with Gasteiger partial charge in [0.05, 0.1) is 6.20 Å². The fourth-order valence-electron chi connectivity index (χ4n) is 3.64. The van der Waals surface area contributed by atoms with Crippen molar-refractivity contribution >= 4 is 17.6 Å². The number of hydrogen-bond acceptors (Lipinski definition) is 5. The number of nitrogens with zero attached hydrogens (tertiary/aromatic N) is 3. The summed E-state index contributed by atoms with van der Waals surface area (Å²) in [4.78, 5) is 25.8. The summed E-state index contributed by atoms with van der Waals surface area (Å²) in [5.74, 6) is -0.731. The Balaban J connectivity index is 1.87. The lowest BCUT2D eigenvalue weighted by atomic mass is 10.0. The summed E-state index contributed by atoms with van der Waals surface area (Å²) in [6.07, 6.45) is 7.41. The van der Waals surface area contributed by atoms with Gasteiger partial charge in [0.15, 0.2) is 5.56 Å². The molecule has 150 valence electrons. The second-order valence-corrected chi connectivity index (χ2v) is 8.14. The molecule has 0 bridgehead atoms. The van der Waals surface area contributed by atoms with E-state index in [1.807, 2.05) is 13.8 Å². The number of carbonyl (C=O) groups is 1. The van der Waals surface area contributed by atoms with Gasteiger partial charge in [-0.05, 0) is 44.7 Å². The third-order valence-electron chi connectivity index (χ3n) is 5.20. The van der Waals surface area contributed by atoms with Crippen LogP contribution in [-0.2, 0) is 6.54 Å². The topological polar surface area (TPSA) is 101 Å². The van der Waals surface area contributed by atoms with E-state index in [9.17, 15) is 14.7 Å². The lowest BCUT2D eigenvalue weighted by Gasteiger charge is -2.17. The first-order valence-corrected chi connectivity index (χ1v) is 10.00. The fourth-order valence-corrected chi connectivity index (χ4v) is 3.64. The molecule has 1 aliphatic carbocycles. The first-order chi connectivity index (χ1) is 13.5. The highest BCUT2D eigenvalue weighted by Gasteiger charge is 2.29. The third kappa shape index (κ3) is 3.56. The molecule has 0 aromatic carbocycles. The van der Waals surface area contributed by atoms with E-state index in [2.05, 4.69) is 21.8 Å². The van der Waals surface area contributed by atoms with Crippen molar-refractivity contribution < 1.29 is 9.90 Å². The van der Waals surface area contributed by atoms with Crippen LogP contribution in [0.4, 0.5) is 0 Å². The number of aromatic nitrogens is 3. The van der Waals surface area contributed by atoms with E-state index in [4.69, 9.17) is 0 Å². The fraction of sp³-hybridized carbons (Fsp3) is 0.550. The maximum absolute atomic E-state index is 13.2. The van der Waals surface area contributed by atoms with Gasteiger partial charge in [-0.25, -0.2) is 0 Å². The standard InChI is InChI=1S/C20H27N5O3/c1-12(2)11-24-18-14(9-13-5-7-21-8-6-13)10-22-25(18)20(28)16(19(24)27)17(26)23-15-3-4-15/h9-10,12,15,21,28H,3-8,11H2,1-2H3,(H,23,26). The maximum atomic E-state index is 13.2. The summed E-state index contributed by atoms with van der Waals surface area (Å²) >= 11 is 0. The van der Waals surface area contributed by atoms with Crippen LogP contribution in [-0.4, -0.2) is 44.3 Å². The Hall–Kier alpha value is -2.61. The normalized spacial score (nSPS) is 17.3. The molecule has 1 saturated carbocycles. The van der Waals surface area contributed by atoms with Crippen LogP contribution in [0.3, 0.4) is 0 Å². The van der Waals surface area contributed by atoms with Crippen LogP contribution in [0, 0.1) is 5.92 Å². The van der Waals surface area contributed by atoms with Crippen LogP contribution in [0.25, 0.3) is 11.7 Å². The Morgan fingerprint density at radius 1 is 1.39 bits per heavy atom. The molecule has 2 fully saturated rings. The Bertz CT molecular complexity index is 989. The molecule has 0 atom stereocenters. The van der Waals surface area contributed by atoms with Gasteiger partial charge in [0.1, 0.15) is 5.65 Å². The molecule has 0 radical (unpaired) electrons. The number of nitrogens with one attached hydrogen (secondary N) is 2. The second kappa shape index (κ2) is 7.43. The van der Waals surface area contributed by atoms with Crippen molar-refractivity contribution in [3.05, 3.63) is 33.3 Å². The number of hydrogen-bond donors (Lipinski definition) is 3. The lowest BCUT2D eigenvalue weighted by molar-refractivity contribution is 0.0944. The molecular formula is C20H27N5O3. The molecule has 2 aliphatic rings. The number of rotatable bonds is 5. The minimum Gasteiger partial charge on any atom is -0.492 e. The largest absolute Gasteiger partial charge is 0.492 e. The maximum Gasteiger partial charge on any atom is 0.270 e. The molecule has 28 heavy (non-hydrogen) atoms. The summed E-state index contributed by atoms with van der Waals surface area (Å²) < 4.78 is 2.89. The first kappa shape index (κ1) is 18.7. The van der Waals surface area contributed by atoms with Gasteiger partial charge in [0, 0.05) is 18.2 Å². The van der Waals surface area contributed by atoms with Gasteiger partial charge in [0.25, 0.3) is 11.5 Å². The summed E-state index contributed by atoms with van der Waals surface area (Å²) in [5.41, 5.74) is 1.91. The summed E-state index contributed by atoms with van der Waals surface area (Å²) in [6, 6.07) is 0.0957. The zero-order valence-corrected chi connectivity index (χ0v) is 16.4. The molecule has 8 heteroatoms. The van der Waals surface area contributed by atoms with Gasteiger partial charge in [0.2, 0.25) is 5.88 Å². The zero-order chi connectivity index (χ0) is 19.8. The Morgan fingerprint density at radius 2 is 2.11 bits per heavy atom. The molecule has 3 heterocycles. The molecular weight excluding hydrogens is 358 g/mol. The van der Waals surface area contributed by atoms with Crippen LogP contribution in [0.5, 0.6) is 5.88 Å². The van der Waals surface area contributed by atoms with Crippen molar-refractivity contribution in [2.45, 2.75) is 52.1 Å². The number of carbonyl (C=O) groups excluding carboxylic acids is 1. The lowest BCUT2D eigenvalue weighted by Crippen LogP contribution is -2.36. The Kier molecular flexibility index (Phi) is 4.97. The van der Waals surface area contributed by atoms with Crippen molar-refractivity contribution in [3.8, 4) is 5.88 Å². The Morgan fingerprint density at radius 3 is 2.75 bits per heavy atom. The van der Waals surface area contributed by atoms with Crippen molar-refractivity contribution in [1.29, 1.82) is 0 Å². The van der Waals surface area contributed by atoms with E-state index in [1.165, 1.54) is 10.1 Å². The van der Waals surface area contributed by atoms with E-state index in [-0.39, 0.29) is 17.5 Å². The molecule has 2 aromatic heterocycles. The van der Waals surface area contributed by atoms with Crippen molar-refractivity contribution in [1.82, 2.24) is 24.8 Å². The predicted octanol–water partition coefficient (Wildman–Crippen LogP) is 1.52. The Labute approximate surface area is 163 Å². The highest BCUT2D eigenvalue weighted by atomic mass is 16.3. The van der Waals surface area contributed by atoms with E-state index >= 15 is 0 Å². The van der Waals surface area contributed by atoms with E-state index in [1.54, 1.807) is 10.8 Å². The molecule has 1 saturated heterocycles. The smallest absolute Gasteiger partial charge is 0.270 e. The van der Waals surface area contributed by atoms with Crippen LogP contribution in [0.2, 0.25) is 0 Å². The van der Waals surface area contributed by atoms with Crippen molar-refractivity contribution in [3.63, 3.8) is 0 Å². The van der Waals surface area contributed by atoms with Crippen molar-refractivity contribution in [2.75, 3.05) is 13.1 Å². The van der Waals surface area contributed by atoms with Crippen LogP contribution in [0.15, 0.2) is 16.6 Å². The van der Waals surface area contributed by atoms with E-state index < -0.39 is 17.3 Å². The van der Waals surface area contributed by atoms with Crippen molar-refractivity contribution in [2.24, 2.45) is 5.92 Å². The average Bonchev–Trinajstić information content (AvgIpc) is 3.37. The van der Waals surface area contributed by atoms with Gasteiger partial charge in [-0.15, -0.1) is 0 Å². The molecule has 0 spiro atoms. The molecule has 1 amide bonds. The monoisotopic (exact) mass is 385 g/mol. The molecule has 3 N–H and O–H groups in total. The number of fused-ring (bicyclic) bond motifs is 1. The first-order valence-electron chi connectivity index (χ1n) is 10.00. The number of amides is 1. The van der Waals surface area contributed by atoms with E-state index in [0.29, 0.717) is 12.2 Å². The van der Waals surface area contributed by atoms with Gasteiger partial charge < -0.3 is 15.7 Å². The van der Waals surface area contributed by atoms with Gasteiger partial charge in [-0.2, -0.15) is 9.61 Å². The SMILES string of the molecule is CC(C)Cn1c(=O)c(C(=O)NC2CC2)c(O)n2ncc(C=C3CCNCC3)c12. The predicted molar refractivity (Wildman–Crippen MR) is 107 cm³/mol. The summed E-state index contributed by atoms with van der Waals surface area (Å²) in [6.45, 7) is 6.33. The summed E-state index contributed by atoms with van der Waals surface area (Å²) in [5, 5.41) is 21.1. The average molecular weight is 385 g/mol. The third-order valence-corrected chi connectivity index (χ3v) is 5.20. The highest BCUT2D eigenvalue weighted by molar-refractivity contribution is 5.96. The van der Waals surface area contributed by atoms with Crippen LogP contribution < -0.4 is 16.2 Å². The van der Waals surface area contributed by atoms with Crippen LogP contribution >= 0.6 is 0 Å². The minimum atomic E-state index is -0.529. The highest BCUT2D eigenvalue weighted by Crippen LogP contribution is 2.25. The molecule has 1 aliphatic heterocycles.